The van der Waals surface area contributed by atoms with Gasteiger partial charge in [0.15, 0.2) is 0 Å². The first-order chi connectivity index (χ1) is 8.08. The summed E-state index contributed by atoms with van der Waals surface area (Å²) in [5.41, 5.74) is 0.832. The van der Waals surface area contributed by atoms with Gasteiger partial charge >= 0.3 is 5.97 Å². The summed E-state index contributed by atoms with van der Waals surface area (Å²) >= 11 is 0. The molecule has 1 aliphatic rings. The number of hydrogen-bond donors (Lipinski definition) is 1. The molecular weight excluding hydrogens is 221 g/mol. The summed E-state index contributed by atoms with van der Waals surface area (Å²) in [6, 6.07) is 6.65. The number of benzene rings is 1. The molecule has 17 heavy (non-hydrogen) atoms. The molecule has 0 radical (unpaired) electrons. The van der Waals surface area contributed by atoms with Gasteiger partial charge in [0.05, 0.1) is 6.54 Å². The zero-order chi connectivity index (χ0) is 12.4. The van der Waals surface area contributed by atoms with Crippen LogP contribution in [0.4, 0.5) is 4.39 Å². The van der Waals surface area contributed by atoms with E-state index in [2.05, 4.69) is 0 Å². The van der Waals surface area contributed by atoms with E-state index in [0.29, 0.717) is 6.04 Å². The zero-order valence-electron chi connectivity index (χ0n) is 9.77. The molecule has 0 amide bonds. The van der Waals surface area contributed by atoms with E-state index in [1.54, 1.807) is 6.07 Å². The Bertz CT molecular complexity index is 418. The summed E-state index contributed by atoms with van der Waals surface area (Å²) in [6.45, 7) is 1.94. The lowest BCUT2D eigenvalue weighted by Gasteiger charge is -2.27. The number of hydrogen-bond acceptors (Lipinski definition) is 2. The van der Waals surface area contributed by atoms with Crippen molar-refractivity contribution in [2.45, 2.75) is 31.8 Å². The van der Waals surface area contributed by atoms with E-state index >= 15 is 0 Å². The Hall–Kier alpha value is -1.42. The van der Waals surface area contributed by atoms with E-state index in [1.807, 2.05) is 17.9 Å². The van der Waals surface area contributed by atoms with Gasteiger partial charge in [0.1, 0.15) is 5.82 Å². The highest BCUT2D eigenvalue weighted by atomic mass is 19.1. The number of carboxylic acids is 1. The molecule has 1 aliphatic carbocycles. The van der Waals surface area contributed by atoms with Crippen LogP contribution >= 0.6 is 0 Å². The Labute approximate surface area is 99.9 Å². The smallest absolute Gasteiger partial charge is 0.317 e. The fourth-order valence-corrected chi connectivity index (χ4v) is 2.10. The molecule has 1 atom stereocenters. The minimum Gasteiger partial charge on any atom is -0.480 e. The molecule has 4 heteroatoms. The molecule has 1 saturated carbocycles. The van der Waals surface area contributed by atoms with Gasteiger partial charge < -0.3 is 5.11 Å². The van der Waals surface area contributed by atoms with Gasteiger partial charge in [0.2, 0.25) is 0 Å². The van der Waals surface area contributed by atoms with Gasteiger partial charge in [0, 0.05) is 12.1 Å². The monoisotopic (exact) mass is 237 g/mol. The summed E-state index contributed by atoms with van der Waals surface area (Å²) in [7, 11) is 0. The molecular formula is C13H16FNO2. The summed E-state index contributed by atoms with van der Waals surface area (Å²) in [6.07, 6.45) is 2.07. The van der Waals surface area contributed by atoms with Crippen molar-refractivity contribution in [3.8, 4) is 0 Å². The Morgan fingerprint density at radius 1 is 1.59 bits per heavy atom. The van der Waals surface area contributed by atoms with Crippen LogP contribution in [0.25, 0.3) is 0 Å². The first-order valence-corrected chi connectivity index (χ1v) is 5.81. The van der Waals surface area contributed by atoms with E-state index in [9.17, 15) is 9.18 Å². The van der Waals surface area contributed by atoms with Crippen LogP contribution < -0.4 is 0 Å². The van der Waals surface area contributed by atoms with Crippen molar-refractivity contribution in [3.05, 3.63) is 35.6 Å². The highest BCUT2D eigenvalue weighted by Crippen LogP contribution is 2.33. The Balaban J connectivity index is 2.15. The molecule has 0 saturated heterocycles. The molecule has 1 unspecified atom stereocenters. The van der Waals surface area contributed by atoms with E-state index in [4.69, 9.17) is 5.11 Å². The van der Waals surface area contributed by atoms with Gasteiger partial charge in [-0.25, -0.2) is 4.39 Å². The van der Waals surface area contributed by atoms with Crippen molar-refractivity contribution in [1.29, 1.82) is 0 Å². The topological polar surface area (TPSA) is 40.5 Å². The molecule has 2 rings (SSSR count). The summed E-state index contributed by atoms with van der Waals surface area (Å²) in [5, 5.41) is 8.90. The van der Waals surface area contributed by atoms with E-state index in [0.717, 1.165) is 18.4 Å². The molecule has 92 valence electrons. The summed E-state index contributed by atoms with van der Waals surface area (Å²) in [4.78, 5) is 12.8. The molecule has 1 aromatic rings. The normalized spacial score (nSPS) is 17.1. The molecule has 1 aromatic carbocycles. The second-order valence-electron chi connectivity index (χ2n) is 4.53. The quantitative estimate of drug-likeness (QED) is 0.855. The van der Waals surface area contributed by atoms with Gasteiger partial charge in [-0.15, -0.1) is 0 Å². The SMILES string of the molecule is CC(c1cccc(F)c1)N(CC(=O)O)C1CC1. The fourth-order valence-electron chi connectivity index (χ4n) is 2.10. The number of carbonyl (C=O) groups is 1. The number of halogens is 1. The van der Waals surface area contributed by atoms with Crippen LogP contribution in [0.3, 0.4) is 0 Å². The molecule has 0 bridgehead atoms. The average Bonchev–Trinajstić information content (AvgIpc) is 3.08. The first kappa shape index (κ1) is 12.0. The number of nitrogens with zero attached hydrogens (tertiary/aromatic N) is 1. The summed E-state index contributed by atoms with van der Waals surface area (Å²) < 4.78 is 13.1. The van der Waals surface area contributed by atoms with Gasteiger partial charge in [-0.05, 0) is 37.5 Å². The molecule has 0 spiro atoms. The molecule has 0 aliphatic heterocycles. The van der Waals surface area contributed by atoms with Gasteiger partial charge in [-0.2, -0.15) is 0 Å². The third kappa shape index (κ3) is 3.03. The van der Waals surface area contributed by atoms with Crippen LogP contribution in [0.5, 0.6) is 0 Å². The molecule has 1 fully saturated rings. The molecule has 0 heterocycles. The lowest BCUT2D eigenvalue weighted by molar-refractivity contribution is -0.139. The molecule has 1 N–H and O–H groups in total. The molecule has 3 nitrogen and oxygen atoms in total. The van der Waals surface area contributed by atoms with Crippen LogP contribution in [-0.2, 0) is 4.79 Å². The van der Waals surface area contributed by atoms with Gasteiger partial charge in [-0.3, -0.25) is 9.69 Å². The van der Waals surface area contributed by atoms with Gasteiger partial charge in [0.25, 0.3) is 0 Å². The summed E-state index contributed by atoms with van der Waals surface area (Å²) in [5.74, 6) is -1.11. The van der Waals surface area contributed by atoms with Crippen LogP contribution in [0.2, 0.25) is 0 Å². The number of aliphatic carboxylic acids is 1. The van der Waals surface area contributed by atoms with Crippen molar-refractivity contribution in [3.63, 3.8) is 0 Å². The highest BCUT2D eigenvalue weighted by molar-refractivity contribution is 5.69. The van der Waals surface area contributed by atoms with E-state index in [1.165, 1.54) is 12.1 Å². The van der Waals surface area contributed by atoms with Crippen molar-refractivity contribution in [2.75, 3.05) is 6.54 Å². The van der Waals surface area contributed by atoms with Crippen molar-refractivity contribution < 1.29 is 14.3 Å². The number of carboxylic acid groups (broad SMARTS) is 1. The third-order valence-electron chi connectivity index (χ3n) is 3.16. The van der Waals surface area contributed by atoms with Crippen LogP contribution in [-0.4, -0.2) is 28.6 Å². The second-order valence-corrected chi connectivity index (χ2v) is 4.53. The highest BCUT2D eigenvalue weighted by Gasteiger charge is 2.33. The van der Waals surface area contributed by atoms with Crippen LogP contribution in [0.15, 0.2) is 24.3 Å². The van der Waals surface area contributed by atoms with Crippen molar-refractivity contribution >= 4 is 5.97 Å². The van der Waals surface area contributed by atoms with Crippen molar-refractivity contribution in [2.24, 2.45) is 0 Å². The number of rotatable bonds is 5. The van der Waals surface area contributed by atoms with Crippen LogP contribution in [0.1, 0.15) is 31.4 Å². The zero-order valence-corrected chi connectivity index (χ0v) is 9.77. The van der Waals surface area contributed by atoms with E-state index in [-0.39, 0.29) is 18.4 Å². The Morgan fingerprint density at radius 2 is 2.29 bits per heavy atom. The fraction of sp³-hybridized carbons (Fsp3) is 0.462. The maximum Gasteiger partial charge on any atom is 0.317 e. The minimum absolute atomic E-state index is 0.0162. The lowest BCUT2D eigenvalue weighted by atomic mass is 10.1. The van der Waals surface area contributed by atoms with Gasteiger partial charge in [-0.1, -0.05) is 12.1 Å². The predicted molar refractivity (Wildman–Crippen MR) is 62.2 cm³/mol. The maximum atomic E-state index is 13.1. The van der Waals surface area contributed by atoms with Crippen LogP contribution in [0, 0.1) is 5.82 Å². The Kier molecular flexibility index (Phi) is 3.43. The minimum atomic E-state index is -0.833. The first-order valence-electron chi connectivity index (χ1n) is 5.81. The second kappa shape index (κ2) is 4.84. The van der Waals surface area contributed by atoms with E-state index < -0.39 is 5.97 Å². The maximum absolute atomic E-state index is 13.1. The Morgan fingerprint density at radius 3 is 2.82 bits per heavy atom. The average molecular weight is 237 g/mol. The molecule has 0 aromatic heterocycles. The van der Waals surface area contributed by atoms with Crippen molar-refractivity contribution in [1.82, 2.24) is 4.90 Å². The lowest BCUT2D eigenvalue weighted by Crippen LogP contribution is -2.34. The largest absolute Gasteiger partial charge is 0.480 e. The predicted octanol–water partition coefficient (Wildman–Crippen LogP) is 2.44. The standard InChI is InChI=1S/C13H16FNO2/c1-9(10-3-2-4-11(14)7-10)15(8-13(16)17)12-5-6-12/h2-4,7,9,12H,5-6,8H2,1H3,(H,16,17). The third-order valence-corrected chi connectivity index (χ3v) is 3.16.